The number of fused-ring (bicyclic) bond motifs is 1. The minimum Gasteiger partial charge on any atom is -0.294 e. The standard InChI is InChI=1S/C17H24O/c1-10-8-13-9-16(4,5)17(6,7)15(13)11(2)14(10)12(3)18/h8H,9H2,1-7H3. The van der Waals surface area contributed by atoms with Crippen molar-refractivity contribution in [3.8, 4) is 0 Å². The third-order valence-electron chi connectivity index (χ3n) is 5.16. The third kappa shape index (κ3) is 1.56. The van der Waals surface area contributed by atoms with Crippen LogP contribution in [0.4, 0.5) is 0 Å². The van der Waals surface area contributed by atoms with Crippen LogP contribution in [0.2, 0.25) is 0 Å². The van der Waals surface area contributed by atoms with E-state index >= 15 is 0 Å². The van der Waals surface area contributed by atoms with Gasteiger partial charge in [0.15, 0.2) is 5.78 Å². The number of carbonyl (C=O) groups is 1. The Balaban J connectivity index is 2.79. The van der Waals surface area contributed by atoms with E-state index in [0.717, 1.165) is 17.5 Å². The van der Waals surface area contributed by atoms with E-state index in [1.807, 2.05) is 0 Å². The molecular formula is C17H24O. The zero-order valence-electron chi connectivity index (χ0n) is 12.7. The van der Waals surface area contributed by atoms with Crippen molar-refractivity contribution in [1.82, 2.24) is 0 Å². The molecule has 0 aromatic heterocycles. The molecule has 0 amide bonds. The largest absolute Gasteiger partial charge is 0.294 e. The average Bonchev–Trinajstić information content (AvgIpc) is 2.30. The molecule has 0 saturated carbocycles. The molecule has 0 aliphatic heterocycles. The van der Waals surface area contributed by atoms with Gasteiger partial charge >= 0.3 is 0 Å². The fourth-order valence-electron chi connectivity index (χ4n) is 3.65. The molecule has 0 radical (unpaired) electrons. The van der Waals surface area contributed by atoms with Crippen LogP contribution in [-0.2, 0) is 11.8 Å². The SMILES string of the molecule is CC(=O)c1c(C)cc2c(c1C)C(C)(C)C(C)(C)C2. The molecule has 1 aliphatic rings. The Morgan fingerprint density at radius 2 is 1.72 bits per heavy atom. The van der Waals surface area contributed by atoms with Crippen LogP contribution in [0.1, 0.15) is 67.2 Å². The molecule has 0 spiro atoms. The predicted molar refractivity (Wildman–Crippen MR) is 76.4 cm³/mol. The highest BCUT2D eigenvalue weighted by atomic mass is 16.1. The van der Waals surface area contributed by atoms with Crippen molar-refractivity contribution < 1.29 is 4.79 Å². The van der Waals surface area contributed by atoms with E-state index in [9.17, 15) is 4.79 Å². The Hall–Kier alpha value is -1.11. The molecule has 98 valence electrons. The smallest absolute Gasteiger partial charge is 0.160 e. The van der Waals surface area contributed by atoms with E-state index in [0.29, 0.717) is 0 Å². The first-order chi connectivity index (χ1) is 8.09. The van der Waals surface area contributed by atoms with Gasteiger partial charge in [0.25, 0.3) is 0 Å². The summed E-state index contributed by atoms with van der Waals surface area (Å²) in [5, 5.41) is 0. The summed E-state index contributed by atoms with van der Waals surface area (Å²) >= 11 is 0. The molecule has 1 aliphatic carbocycles. The topological polar surface area (TPSA) is 17.1 Å². The Morgan fingerprint density at radius 3 is 2.22 bits per heavy atom. The lowest BCUT2D eigenvalue weighted by Gasteiger charge is -2.36. The van der Waals surface area contributed by atoms with Gasteiger partial charge in [-0.05, 0) is 60.3 Å². The second-order valence-electron chi connectivity index (χ2n) is 6.97. The van der Waals surface area contributed by atoms with E-state index in [4.69, 9.17) is 0 Å². The van der Waals surface area contributed by atoms with Crippen LogP contribution in [0.3, 0.4) is 0 Å². The van der Waals surface area contributed by atoms with E-state index < -0.39 is 0 Å². The molecule has 0 heterocycles. The predicted octanol–water partition coefficient (Wildman–Crippen LogP) is 4.37. The van der Waals surface area contributed by atoms with Crippen LogP contribution in [0.5, 0.6) is 0 Å². The van der Waals surface area contributed by atoms with E-state index in [1.54, 1.807) is 6.92 Å². The molecule has 0 atom stereocenters. The van der Waals surface area contributed by atoms with E-state index in [2.05, 4.69) is 47.6 Å². The zero-order valence-corrected chi connectivity index (χ0v) is 12.7. The first-order valence-corrected chi connectivity index (χ1v) is 6.74. The van der Waals surface area contributed by atoms with Crippen molar-refractivity contribution >= 4 is 5.78 Å². The Labute approximate surface area is 111 Å². The Kier molecular flexibility index (Phi) is 2.73. The minimum atomic E-state index is 0.129. The van der Waals surface area contributed by atoms with Gasteiger partial charge < -0.3 is 0 Å². The molecule has 18 heavy (non-hydrogen) atoms. The van der Waals surface area contributed by atoms with Crippen molar-refractivity contribution in [2.45, 2.75) is 60.3 Å². The van der Waals surface area contributed by atoms with Crippen LogP contribution in [-0.4, -0.2) is 5.78 Å². The number of rotatable bonds is 1. The van der Waals surface area contributed by atoms with Crippen molar-refractivity contribution in [3.05, 3.63) is 33.9 Å². The number of Topliss-reactive ketones (excluding diaryl/α,β-unsaturated/α-hetero) is 1. The van der Waals surface area contributed by atoms with Gasteiger partial charge in [-0.15, -0.1) is 0 Å². The zero-order chi connectivity index (χ0) is 13.9. The maximum Gasteiger partial charge on any atom is 0.160 e. The van der Waals surface area contributed by atoms with Crippen molar-refractivity contribution in [3.63, 3.8) is 0 Å². The average molecular weight is 244 g/mol. The molecule has 0 fully saturated rings. The van der Waals surface area contributed by atoms with E-state index in [1.165, 1.54) is 16.7 Å². The van der Waals surface area contributed by atoms with Crippen LogP contribution in [0.25, 0.3) is 0 Å². The highest BCUT2D eigenvalue weighted by Gasteiger charge is 2.46. The molecule has 1 aromatic carbocycles. The molecule has 0 bridgehead atoms. The Morgan fingerprint density at radius 1 is 1.17 bits per heavy atom. The van der Waals surface area contributed by atoms with E-state index in [-0.39, 0.29) is 16.6 Å². The van der Waals surface area contributed by atoms with Gasteiger partial charge in [0.2, 0.25) is 0 Å². The number of ketones is 1. The van der Waals surface area contributed by atoms with Crippen molar-refractivity contribution in [2.24, 2.45) is 5.41 Å². The first-order valence-electron chi connectivity index (χ1n) is 6.74. The Bertz CT molecular complexity index is 533. The fourth-order valence-corrected chi connectivity index (χ4v) is 3.65. The summed E-state index contributed by atoms with van der Waals surface area (Å²) in [6.07, 6.45) is 1.11. The lowest BCUT2D eigenvalue weighted by molar-refractivity contribution is 0.101. The highest BCUT2D eigenvalue weighted by molar-refractivity contribution is 5.97. The molecule has 2 rings (SSSR count). The number of benzene rings is 1. The summed E-state index contributed by atoms with van der Waals surface area (Å²) in [6.45, 7) is 15.1. The monoisotopic (exact) mass is 244 g/mol. The number of aryl methyl sites for hydroxylation is 1. The van der Waals surface area contributed by atoms with Crippen LogP contribution in [0, 0.1) is 19.3 Å². The quantitative estimate of drug-likeness (QED) is 0.671. The summed E-state index contributed by atoms with van der Waals surface area (Å²) in [5.74, 6) is 0.188. The molecule has 0 unspecified atom stereocenters. The second kappa shape index (κ2) is 3.69. The van der Waals surface area contributed by atoms with Gasteiger partial charge in [-0.25, -0.2) is 0 Å². The number of carbonyl (C=O) groups excluding carboxylic acids is 1. The number of hydrogen-bond acceptors (Lipinski definition) is 1. The molecule has 1 heteroatoms. The summed E-state index contributed by atoms with van der Waals surface area (Å²) < 4.78 is 0. The minimum absolute atomic E-state index is 0.129. The molecular weight excluding hydrogens is 220 g/mol. The lowest BCUT2D eigenvalue weighted by Crippen LogP contribution is -2.32. The third-order valence-corrected chi connectivity index (χ3v) is 5.16. The van der Waals surface area contributed by atoms with Crippen LogP contribution >= 0.6 is 0 Å². The first kappa shape index (κ1) is 13.3. The summed E-state index contributed by atoms with van der Waals surface area (Å²) in [6, 6.07) is 2.23. The summed E-state index contributed by atoms with van der Waals surface area (Å²) in [7, 11) is 0. The summed E-state index contributed by atoms with van der Waals surface area (Å²) in [5.41, 5.74) is 6.49. The molecule has 0 N–H and O–H groups in total. The van der Waals surface area contributed by atoms with Gasteiger partial charge in [0, 0.05) is 5.56 Å². The van der Waals surface area contributed by atoms with Crippen LogP contribution in [0.15, 0.2) is 6.07 Å². The maximum atomic E-state index is 11.9. The highest BCUT2D eigenvalue weighted by Crippen LogP contribution is 2.53. The van der Waals surface area contributed by atoms with Crippen molar-refractivity contribution in [1.29, 1.82) is 0 Å². The summed E-state index contributed by atoms with van der Waals surface area (Å²) in [4.78, 5) is 11.9. The second-order valence-corrected chi connectivity index (χ2v) is 6.97. The lowest BCUT2D eigenvalue weighted by atomic mass is 9.67. The molecule has 0 saturated heterocycles. The van der Waals surface area contributed by atoms with Gasteiger partial charge in [0.1, 0.15) is 0 Å². The van der Waals surface area contributed by atoms with Gasteiger partial charge in [-0.1, -0.05) is 33.8 Å². The van der Waals surface area contributed by atoms with Gasteiger partial charge in [0.05, 0.1) is 0 Å². The normalized spacial score (nSPS) is 19.7. The van der Waals surface area contributed by atoms with Crippen molar-refractivity contribution in [2.75, 3.05) is 0 Å². The number of hydrogen-bond donors (Lipinski definition) is 0. The van der Waals surface area contributed by atoms with Gasteiger partial charge in [-0.3, -0.25) is 4.79 Å². The fraction of sp³-hybridized carbons (Fsp3) is 0.588. The van der Waals surface area contributed by atoms with Crippen LogP contribution < -0.4 is 0 Å². The molecule has 1 nitrogen and oxygen atoms in total. The molecule has 1 aromatic rings. The van der Waals surface area contributed by atoms with Gasteiger partial charge in [-0.2, -0.15) is 0 Å². The maximum absolute atomic E-state index is 11.9.